The van der Waals surface area contributed by atoms with Crippen molar-refractivity contribution in [1.82, 2.24) is 9.88 Å². The molecule has 1 saturated heterocycles. The Balaban J connectivity index is 1.58. The molecule has 25 heavy (non-hydrogen) atoms. The maximum absolute atomic E-state index is 12.6. The van der Waals surface area contributed by atoms with Crippen LogP contribution in [0.5, 0.6) is 11.5 Å². The van der Waals surface area contributed by atoms with Crippen LogP contribution in [0.2, 0.25) is 0 Å². The van der Waals surface area contributed by atoms with E-state index in [1.165, 1.54) is 0 Å². The van der Waals surface area contributed by atoms with Gasteiger partial charge >= 0.3 is 0 Å². The number of ether oxygens (including phenoxy) is 2. The van der Waals surface area contributed by atoms with Crippen LogP contribution in [-0.4, -0.2) is 56.2 Å². The van der Waals surface area contributed by atoms with Crippen molar-refractivity contribution in [3.8, 4) is 11.5 Å². The molecule has 1 amide bonds. The zero-order valence-corrected chi connectivity index (χ0v) is 14.6. The van der Waals surface area contributed by atoms with Gasteiger partial charge in [0.05, 0.1) is 20.6 Å². The third kappa shape index (κ3) is 4.02. The molecule has 132 valence electrons. The summed E-state index contributed by atoms with van der Waals surface area (Å²) in [4.78, 5) is 20.8. The fourth-order valence-corrected chi connectivity index (χ4v) is 3.05. The minimum Gasteiger partial charge on any atom is -0.493 e. The smallest absolute Gasteiger partial charge is 0.227 e. The van der Waals surface area contributed by atoms with E-state index >= 15 is 0 Å². The van der Waals surface area contributed by atoms with Gasteiger partial charge in [0.15, 0.2) is 11.5 Å². The monoisotopic (exact) mass is 341 g/mol. The van der Waals surface area contributed by atoms with E-state index in [1.807, 2.05) is 35.2 Å². The zero-order valence-electron chi connectivity index (χ0n) is 14.6. The maximum Gasteiger partial charge on any atom is 0.227 e. The molecule has 2 heterocycles. The number of anilines is 1. The second kappa shape index (κ2) is 7.88. The first-order valence-corrected chi connectivity index (χ1v) is 8.35. The average molecular weight is 341 g/mol. The van der Waals surface area contributed by atoms with Crippen LogP contribution in [0.1, 0.15) is 5.56 Å². The van der Waals surface area contributed by atoms with E-state index in [0.717, 1.165) is 37.4 Å². The Morgan fingerprint density at radius 1 is 1.00 bits per heavy atom. The summed E-state index contributed by atoms with van der Waals surface area (Å²) in [6.45, 7) is 3.13. The highest BCUT2D eigenvalue weighted by atomic mass is 16.5. The SMILES string of the molecule is COc1ccc(CC(=O)N2CCN(c3ccncc3)CC2)cc1OC. The quantitative estimate of drug-likeness (QED) is 0.832. The number of methoxy groups -OCH3 is 2. The summed E-state index contributed by atoms with van der Waals surface area (Å²) >= 11 is 0. The standard InChI is InChI=1S/C19H23N3O3/c1-24-17-4-3-15(13-18(17)25-2)14-19(23)22-11-9-21(10-12-22)16-5-7-20-8-6-16/h3-8,13H,9-12,14H2,1-2H3. The Bertz CT molecular complexity index is 713. The Kier molecular flexibility index (Phi) is 5.38. The molecule has 1 aliphatic rings. The zero-order chi connectivity index (χ0) is 17.6. The van der Waals surface area contributed by atoms with E-state index in [2.05, 4.69) is 9.88 Å². The molecule has 0 N–H and O–H groups in total. The first kappa shape index (κ1) is 17.1. The summed E-state index contributed by atoms with van der Waals surface area (Å²) in [6, 6.07) is 9.61. The van der Waals surface area contributed by atoms with Gasteiger partial charge in [0.25, 0.3) is 0 Å². The minimum atomic E-state index is 0.140. The van der Waals surface area contributed by atoms with E-state index in [1.54, 1.807) is 26.6 Å². The van der Waals surface area contributed by atoms with Crippen LogP contribution in [0.3, 0.4) is 0 Å². The predicted molar refractivity (Wildman–Crippen MR) is 96.3 cm³/mol. The number of carbonyl (C=O) groups excluding carboxylic acids is 1. The largest absolute Gasteiger partial charge is 0.493 e. The predicted octanol–water partition coefficient (Wildman–Crippen LogP) is 1.99. The Hall–Kier alpha value is -2.76. The van der Waals surface area contributed by atoms with Crippen molar-refractivity contribution in [2.75, 3.05) is 45.3 Å². The third-order valence-electron chi connectivity index (χ3n) is 4.46. The van der Waals surface area contributed by atoms with Gasteiger partial charge in [0.1, 0.15) is 0 Å². The normalized spacial score (nSPS) is 14.3. The third-order valence-corrected chi connectivity index (χ3v) is 4.46. The summed E-state index contributed by atoms with van der Waals surface area (Å²) in [7, 11) is 3.20. The summed E-state index contributed by atoms with van der Waals surface area (Å²) in [6.07, 6.45) is 3.96. The van der Waals surface area contributed by atoms with Gasteiger partial charge in [-0.25, -0.2) is 0 Å². The molecule has 1 aliphatic heterocycles. The van der Waals surface area contributed by atoms with Gasteiger partial charge in [-0.2, -0.15) is 0 Å². The molecule has 0 atom stereocenters. The summed E-state index contributed by atoms with van der Waals surface area (Å²) in [5.74, 6) is 1.46. The number of rotatable bonds is 5. The van der Waals surface area contributed by atoms with Crippen LogP contribution < -0.4 is 14.4 Å². The number of piperazine rings is 1. The van der Waals surface area contributed by atoms with Crippen molar-refractivity contribution < 1.29 is 14.3 Å². The molecule has 6 nitrogen and oxygen atoms in total. The molecule has 1 aromatic heterocycles. The fraction of sp³-hybridized carbons (Fsp3) is 0.368. The summed E-state index contributed by atoms with van der Waals surface area (Å²) in [5, 5.41) is 0. The highest BCUT2D eigenvalue weighted by molar-refractivity contribution is 5.79. The highest BCUT2D eigenvalue weighted by Gasteiger charge is 2.21. The van der Waals surface area contributed by atoms with Crippen LogP contribution in [0.15, 0.2) is 42.7 Å². The van der Waals surface area contributed by atoms with Gasteiger partial charge in [-0.05, 0) is 29.8 Å². The van der Waals surface area contributed by atoms with Crippen molar-refractivity contribution in [1.29, 1.82) is 0 Å². The average Bonchev–Trinajstić information content (AvgIpc) is 2.68. The van der Waals surface area contributed by atoms with Crippen LogP contribution in [0.4, 0.5) is 5.69 Å². The van der Waals surface area contributed by atoms with E-state index in [4.69, 9.17) is 9.47 Å². The van der Waals surface area contributed by atoms with Gasteiger partial charge in [0, 0.05) is 44.3 Å². The number of aromatic nitrogens is 1. The number of carbonyl (C=O) groups is 1. The molecule has 6 heteroatoms. The van der Waals surface area contributed by atoms with Gasteiger partial charge in [-0.3, -0.25) is 9.78 Å². The highest BCUT2D eigenvalue weighted by Crippen LogP contribution is 2.28. The van der Waals surface area contributed by atoms with Crippen LogP contribution in [-0.2, 0) is 11.2 Å². The molecule has 0 spiro atoms. The Labute approximate surface area is 148 Å². The summed E-state index contributed by atoms with van der Waals surface area (Å²) in [5.41, 5.74) is 2.08. The molecule has 0 unspecified atom stereocenters. The van der Waals surface area contributed by atoms with Gasteiger partial charge in [0.2, 0.25) is 5.91 Å². The molecule has 1 fully saturated rings. The molecular formula is C19H23N3O3. The van der Waals surface area contributed by atoms with Crippen molar-refractivity contribution in [3.63, 3.8) is 0 Å². The topological polar surface area (TPSA) is 54.9 Å². The Morgan fingerprint density at radius 2 is 1.68 bits per heavy atom. The number of hydrogen-bond acceptors (Lipinski definition) is 5. The molecule has 0 radical (unpaired) electrons. The number of pyridine rings is 1. The van der Waals surface area contributed by atoms with E-state index in [-0.39, 0.29) is 5.91 Å². The molecular weight excluding hydrogens is 318 g/mol. The second-order valence-electron chi connectivity index (χ2n) is 5.94. The molecule has 3 rings (SSSR count). The first-order valence-electron chi connectivity index (χ1n) is 8.35. The lowest BCUT2D eigenvalue weighted by Gasteiger charge is -2.36. The molecule has 0 aliphatic carbocycles. The lowest BCUT2D eigenvalue weighted by atomic mass is 10.1. The molecule has 0 saturated carbocycles. The lowest BCUT2D eigenvalue weighted by molar-refractivity contribution is -0.130. The van der Waals surface area contributed by atoms with E-state index in [0.29, 0.717) is 17.9 Å². The Morgan fingerprint density at radius 3 is 2.32 bits per heavy atom. The van der Waals surface area contributed by atoms with Crippen LogP contribution in [0.25, 0.3) is 0 Å². The molecule has 2 aromatic rings. The minimum absolute atomic E-state index is 0.140. The van der Waals surface area contributed by atoms with Crippen molar-refractivity contribution in [2.45, 2.75) is 6.42 Å². The molecule has 1 aromatic carbocycles. The summed E-state index contributed by atoms with van der Waals surface area (Å²) < 4.78 is 10.5. The number of benzene rings is 1. The van der Waals surface area contributed by atoms with E-state index in [9.17, 15) is 4.79 Å². The van der Waals surface area contributed by atoms with E-state index < -0.39 is 0 Å². The fourth-order valence-electron chi connectivity index (χ4n) is 3.05. The number of hydrogen-bond donors (Lipinski definition) is 0. The van der Waals surface area contributed by atoms with Crippen molar-refractivity contribution in [3.05, 3.63) is 48.3 Å². The van der Waals surface area contributed by atoms with Gasteiger partial charge in [-0.1, -0.05) is 6.07 Å². The maximum atomic E-state index is 12.6. The van der Waals surface area contributed by atoms with Crippen LogP contribution >= 0.6 is 0 Å². The lowest BCUT2D eigenvalue weighted by Crippen LogP contribution is -2.49. The van der Waals surface area contributed by atoms with Crippen molar-refractivity contribution >= 4 is 11.6 Å². The van der Waals surface area contributed by atoms with Gasteiger partial charge in [-0.15, -0.1) is 0 Å². The molecule has 0 bridgehead atoms. The number of amides is 1. The first-order chi connectivity index (χ1) is 12.2. The second-order valence-corrected chi connectivity index (χ2v) is 5.94. The van der Waals surface area contributed by atoms with Gasteiger partial charge < -0.3 is 19.3 Å². The number of nitrogens with zero attached hydrogens (tertiary/aromatic N) is 3. The van der Waals surface area contributed by atoms with Crippen LogP contribution in [0, 0.1) is 0 Å². The van der Waals surface area contributed by atoms with Crippen molar-refractivity contribution in [2.24, 2.45) is 0 Å².